The number of carbonyl (C=O) groups is 1. The molecule has 10 heteroatoms. The van der Waals surface area contributed by atoms with Gasteiger partial charge in [0.1, 0.15) is 11.3 Å². The molecule has 1 aromatic heterocycles. The van der Waals surface area contributed by atoms with Gasteiger partial charge in [-0.15, -0.1) is 8.78 Å². The van der Waals surface area contributed by atoms with E-state index < -0.39 is 17.3 Å². The first-order valence-electron chi connectivity index (χ1n) is 6.73. The number of rotatable bonds is 4. The molecule has 130 valence electrons. The molecule has 0 aliphatic rings. The van der Waals surface area contributed by atoms with Crippen molar-refractivity contribution in [2.24, 2.45) is 0 Å². The maximum absolute atomic E-state index is 14.3. The Morgan fingerprint density at radius 3 is 2.64 bits per heavy atom. The van der Waals surface area contributed by atoms with E-state index in [0.717, 1.165) is 0 Å². The second kappa shape index (κ2) is 6.57. The van der Waals surface area contributed by atoms with Gasteiger partial charge in [0.2, 0.25) is 0 Å². The summed E-state index contributed by atoms with van der Waals surface area (Å²) in [4.78, 5) is 19.0. The molecule has 1 amide bonds. The molecule has 0 saturated heterocycles. The van der Waals surface area contributed by atoms with Crippen molar-refractivity contribution in [3.8, 4) is 5.75 Å². The van der Waals surface area contributed by atoms with E-state index in [-0.39, 0.29) is 21.5 Å². The van der Waals surface area contributed by atoms with Crippen LogP contribution in [-0.4, -0.2) is 21.4 Å². The zero-order chi connectivity index (χ0) is 18.2. The molecular weight excluding hydrogens is 427 g/mol. The molecule has 5 nitrogen and oxygen atoms in total. The number of nitrogens with one attached hydrogen (secondary N) is 2. The fourth-order valence-electron chi connectivity index (χ4n) is 2.12. The van der Waals surface area contributed by atoms with Crippen LogP contribution < -0.4 is 10.1 Å². The van der Waals surface area contributed by atoms with Gasteiger partial charge in [-0.3, -0.25) is 4.79 Å². The third kappa shape index (κ3) is 3.88. The van der Waals surface area contributed by atoms with Crippen LogP contribution in [0.2, 0.25) is 0 Å². The lowest BCUT2D eigenvalue weighted by atomic mass is 10.1. The van der Waals surface area contributed by atoms with Gasteiger partial charge < -0.3 is 15.0 Å². The third-order valence-corrected chi connectivity index (χ3v) is 3.99. The number of fused-ring (bicyclic) bond motifs is 1. The topological polar surface area (TPSA) is 67.0 Å². The number of alkyl halides is 3. The molecule has 0 aliphatic carbocycles. The van der Waals surface area contributed by atoms with Gasteiger partial charge in [-0.25, -0.2) is 9.37 Å². The Morgan fingerprint density at radius 1 is 1.32 bits per heavy atom. The number of hydrogen-bond donors (Lipinski definition) is 2. The highest BCUT2D eigenvalue weighted by Crippen LogP contribution is 2.29. The number of H-pyrrole nitrogens is 1. The van der Waals surface area contributed by atoms with Crippen LogP contribution in [0.25, 0.3) is 11.0 Å². The van der Waals surface area contributed by atoms with Crippen LogP contribution in [0.1, 0.15) is 10.4 Å². The van der Waals surface area contributed by atoms with Gasteiger partial charge >= 0.3 is 5.57 Å². The van der Waals surface area contributed by atoms with E-state index in [0.29, 0.717) is 11.0 Å². The van der Waals surface area contributed by atoms with Crippen molar-refractivity contribution < 1.29 is 22.7 Å². The molecule has 3 aromatic rings. The number of ether oxygens (including phenoxy) is 1. The maximum atomic E-state index is 14.3. The van der Waals surface area contributed by atoms with Gasteiger partial charge in [0.25, 0.3) is 5.91 Å². The van der Waals surface area contributed by atoms with E-state index in [9.17, 15) is 18.0 Å². The number of carbonyl (C=O) groups excluding carboxylic acids is 1. The third-order valence-electron chi connectivity index (χ3n) is 3.18. The minimum atomic E-state index is -3.83. The molecule has 0 radical (unpaired) electrons. The Labute approximate surface area is 152 Å². The molecule has 0 bridgehead atoms. The van der Waals surface area contributed by atoms with Crippen molar-refractivity contribution in [2.45, 2.75) is 5.57 Å². The van der Waals surface area contributed by atoms with Crippen molar-refractivity contribution in [3.05, 3.63) is 52.5 Å². The van der Waals surface area contributed by atoms with Gasteiger partial charge in [-0.2, -0.15) is 0 Å². The fourth-order valence-corrected chi connectivity index (χ4v) is 2.74. The van der Waals surface area contributed by atoms with Gasteiger partial charge in [0, 0.05) is 17.3 Å². The molecule has 0 saturated carbocycles. The van der Waals surface area contributed by atoms with Crippen LogP contribution >= 0.6 is 27.5 Å². The predicted octanol–water partition coefficient (Wildman–Crippen LogP) is 4.88. The number of imidazole rings is 1. The Morgan fingerprint density at radius 2 is 2.00 bits per heavy atom. The molecule has 0 aliphatic heterocycles. The van der Waals surface area contributed by atoms with Crippen molar-refractivity contribution in [2.75, 3.05) is 5.32 Å². The van der Waals surface area contributed by atoms with E-state index in [1.165, 1.54) is 36.7 Å². The molecule has 3 rings (SSSR count). The monoisotopic (exact) mass is 433 g/mol. The van der Waals surface area contributed by atoms with Gasteiger partial charge in [0.15, 0.2) is 5.82 Å². The Balaban J connectivity index is 1.82. The standard InChI is InChI=1S/C15H8BrClF3N3O2/c16-11-12(18)9(5-10-13(11)22-6-21-10)14(24)23-7-1-3-8(4-2-7)25-15(17,19)20/h1-6H,(H,21,22)(H,23,24). The second-order valence-electron chi connectivity index (χ2n) is 4.88. The summed E-state index contributed by atoms with van der Waals surface area (Å²) < 4.78 is 43.6. The van der Waals surface area contributed by atoms with Crippen LogP contribution in [-0.2, 0) is 0 Å². The highest BCUT2D eigenvalue weighted by Gasteiger charge is 2.27. The summed E-state index contributed by atoms with van der Waals surface area (Å²) in [5, 5.41) is 2.46. The van der Waals surface area contributed by atoms with E-state index in [1.807, 2.05) is 0 Å². The van der Waals surface area contributed by atoms with Crippen LogP contribution in [0.4, 0.5) is 18.9 Å². The fraction of sp³-hybridized carbons (Fsp3) is 0.0667. The number of halogens is 5. The van der Waals surface area contributed by atoms with Crippen molar-refractivity contribution >= 4 is 50.2 Å². The number of anilines is 1. The summed E-state index contributed by atoms with van der Waals surface area (Å²) >= 11 is 7.73. The molecule has 0 atom stereocenters. The normalized spacial score (nSPS) is 11.6. The van der Waals surface area contributed by atoms with E-state index in [1.54, 1.807) is 0 Å². The quantitative estimate of drug-likeness (QED) is 0.575. The lowest BCUT2D eigenvalue weighted by Gasteiger charge is -2.11. The summed E-state index contributed by atoms with van der Waals surface area (Å²) in [5.41, 5.74) is -2.95. The van der Waals surface area contributed by atoms with Crippen LogP contribution in [0.3, 0.4) is 0 Å². The first-order valence-corrected chi connectivity index (χ1v) is 7.90. The van der Waals surface area contributed by atoms with Gasteiger partial charge in [0.05, 0.1) is 21.9 Å². The number of aromatic amines is 1. The van der Waals surface area contributed by atoms with Gasteiger partial charge in [-0.05, 0) is 46.3 Å². The van der Waals surface area contributed by atoms with Crippen molar-refractivity contribution in [3.63, 3.8) is 0 Å². The highest BCUT2D eigenvalue weighted by atomic mass is 79.9. The van der Waals surface area contributed by atoms with Crippen LogP contribution in [0.15, 0.2) is 41.1 Å². The average molecular weight is 435 g/mol. The zero-order valence-corrected chi connectivity index (χ0v) is 14.5. The predicted molar refractivity (Wildman–Crippen MR) is 89.6 cm³/mol. The first kappa shape index (κ1) is 17.6. The minimum absolute atomic E-state index is 0.0597. The zero-order valence-electron chi connectivity index (χ0n) is 12.1. The van der Waals surface area contributed by atoms with Crippen molar-refractivity contribution in [1.29, 1.82) is 0 Å². The molecule has 25 heavy (non-hydrogen) atoms. The Bertz CT molecular complexity index is 942. The minimum Gasteiger partial charge on any atom is -0.420 e. The summed E-state index contributed by atoms with van der Waals surface area (Å²) in [7, 11) is 0. The number of benzene rings is 2. The van der Waals surface area contributed by atoms with Crippen molar-refractivity contribution in [1.82, 2.24) is 9.97 Å². The number of nitrogens with zero attached hydrogens (tertiary/aromatic N) is 1. The summed E-state index contributed by atoms with van der Waals surface area (Å²) in [5.74, 6) is -1.67. The lowest BCUT2D eigenvalue weighted by molar-refractivity contribution is -0.0964. The molecule has 2 aromatic carbocycles. The van der Waals surface area contributed by atoms with Crippen LogP contribution in [0, 0.1) is 5.82 Å². The summed E-state index contributed by atoms with van der Waals surface area (Å²) in [6.45, 7) is 0. The van der Waals surface area contributed by atoms with E-state index >= 15 is 0 Å². The number of hydrogen-bond acceptors (Lipinski definition) is 3. The smallest absolute Gasteiger partial charge is 0.420 e. The Kier molecular flexibility index (Phi) is 4.61. The molecular formula is C15H8BrClF3N3O2. The molecule has 1 heterocycles. The van der Waals surface area contributed by atoms with E-state index in [2.05, 4.69) is 47.6 Å². The summed E-state index contributed by atoms with van der Waals surface area (Å²) in [6, 6.07) is 6.34. The van der Waals surface area contributed by atoms with Gasteiger partial charge in [-0.1, -0.05) is 0 Å². The molecule has 0 fully saturated rings. The average Bonchev–Trinajstić information content (AvgIpc) is 3.00. The first-order chi connectivity index (χ1) is 11.7. The van der Waals surface area contributed by atoms with E-state index in [4.69, 9.17) is 0 Å². The Hall–Kier alpha value is -2.26. The molecule has 0 spiro atoms. The largest absolute Gasteiger partial charge is 0.487 e. The lowest BCUT2D eigenvalue weighted by Crippen LogP contribution is -2.16. The number of amides is 1. The second-order valence-corrected chi connectivity index (χ2v) is 6.11. The number of aromatic nitrogens is 2. The highest BCUT2D eigenvalue weighted by molar-refractivity contribution is 9.10. The van der Waals surface area contributed by atoms with Crippen LogP contribution in [0.5, 0.6) is 5.75 Å². The molecule has 2 N–H and O–H groups in total. The SMILES string of the molecule is O=C(Nc1ccc(OC(F)(F)Cl)cc1)c1cc2[nH]cnc2c(Br)c1F. The summed E-state index contributed by atoms with van der Waals surface area (Å²) in [6.07, 6.45) is 1.38. The maximum Gasteiger partial charge on any atom is 0.487 e. The molecule has 0 unspecified atom stereocenters.